The van der Waals surface area contributed by atoms with Crippen molar-refractivity contribution in [2.24, 2.45) is 0 Å². The van der Waals surface area contributed by atoms with Crippen molar-refractivity contribution in [3.8, 4) is 0 Å². The number of thioether (sulfide) groups is 1. The number of ketones is 2. The molecule has 6 heteroatoms. The second-order valence-electron chi connectivity index (χ2n) is 8.80. The van der Waals surface area contributed by atoms with Crippen molar-refractivity contribution in [3.63, 3.8) is 0 Å². The smallest absolute Gasteiger partial charge is 0.195 e. The Morgan fingerprint density at radius 1 is 0.861 bits per heavy atom. The van der Waals surface area contributed by atoms with Crippen LogP contribution in [0.4, 0.5) is 0 Å². The molecule has 180 valence electrons. The molecule has 0 fully saturated rings. The molecule has 1 aromatic heterocycles. The number of imidazole rings is 1. The second kappa shape index (κ2) is 10.5. The highest BCUT2D eigenvalue weighted by Crippen LogP contribution is 2.40. The number of unbranched alkanes of at least 4 members (excludes halogenated alkanes) is 3. The third-order valence-corrected chi connectivity index (χ3v) is 7.56. The molecule has 36 heavy (non-hydrogen) atoms. The molecule has 1 heterocycles. The number of carbonyl (C=O) groups excluding carboxylic acids is 3. The molecule has 0 aliphatic heterocycles. The highest BCUT2D eigenvalue weighted by atomic mass is 32.2. The summed E-state index contributed by atoms with van der Waals surface area (Å²) in [5.74, 6) is -0.387. The number of nitrogens with zero attached hydrogens (tertiary/aromatic N) is 2. The lowest BCUT2D eigenvalue weighted by molar-refractivity contribution is -0.104. The van der Waals surface area contributed by atoms with E-state index in [1.165, 1.54) is 24.3 Å². The maximum absolute atomic E-state index is 13.5. The van der Waals surface area contributed by atoms with Gasteiger partial charge in [-0.3, -0.25) is 14.4 Å². The summed E-state index contributed by atoms with van der Waals surface area (Å²) in [6, 6.07) is 20.1. The molecular formula is C30H26N2O3S. The standard InChI is InChI=1S/C30H26N2O3S/c1-2-3-4-9-18-32-25-16-8-7-15-24(25)31-30(32)36-26(17-19-33)22-13-10-14-23-27(22)29(35)21-12-6-5-11-20(21)28(23)34/h5-8,10-17,19H,2-4,9,18H2,1H3/b26-17-. The molecule has 0 unspecified atom stereocenters. The summed E-state index contributed by atoms with van der Waals surface area (Å²) in [5, 5.41) is 0.758. The number of aldehydes is 1. The Kier molecular flexibility index (Phi) is 6.96. The summed E-state index contributed by atoms with van der Waals surface area (Å²) in [7, 11) is 0. The number of aryl methyl sites for hydroxylation is 1. The molecule has 3 aromatic carbocycles. The highest BCUT2D eigenvalue weighted by molar-refractivity contribution is 8.08. The molecular weight excluding hydrogens is 468 g/mol. The normalized spacial score (nSPS) is 13.1. The SMILES string of the molecule is CCCCCCn1c(S/C(=C\C=O)c2cccc3c2C(=O)c2ccccc2C3=O)nc2ccccc21. The zero-order valence-electron chi connectivity index (χ0n) is 20.1. The zero-order chi connectivity index (χ0) is 25.1. The molecule has 0 saturated carbocycles. The Labute approximate surface area is 214 Å². The van der Waals surface area contributed by atoms with Crippen LogP contribution in [0.5, 0.6) is 0 Å². The van der Waals surface area contributed by atoms with Crippen LogP contribution in [-0.2, 0) is 11.3 Å². The van der Waals surface area contributed by atoms with E-state index in [-0.39, 0.29) is 11.6 Å². The average Bonchev–Trinajstić information content (AvgIpc) is 3.26. The first-order chi connectivity index (χ1) is 17.6. The van der Waals surface area contributed by atoms with Gasteiger partial charge in [0.15, 0.2) is 16.7 Å². The number of aromatic nitrogens is 2. The third kappa shape index (κ3) is 4.33. The fourth-order valence-corrected chi connectivity index (χ4v) is 5.78. The summed E-state index contributed by atoms with van der Waals surface area (Å²) in [4.78, 5) is 43.9. The van der Waals surface area contributed by atoms with Gasteiger partial charge in [0.1, 0.15) is 6.29 Å². The van der Waals surface area contributed by atoms with Crippen molar-refractivity contribution < 1.29 is 14.4 Å². The van der Waals surface area contributed by atoms with Crippen LogP contribution >= 0.6 is 11.8 Å². The van der Waals surface area contributed by atoms with E-state index in [0.29, 0.717) is 32.7 Å². The monoisotopic (exact) mass is 494 g/mol. The Morgan fingerprint density at radius 2 is 1.58 bits per heavy atom. The van der Waals surface area contributed by atoms with Gasteiger partial charge >= 0.3 is 0 Å². The first kappa shape index (κ1) is 23.9. The minimum atomic E-state index is -0.207. The van der Waals surface area contributed by atoms with E-state index >= 15 is 0 Å². The predicted molar refractivity (Wildman–Crippen MR) is 144 cm³/mol. The Hall–Kier alpha value is -3.77. The van der Waals surface area contributed by atoms with Gasteiger partial charge in [0.05, 0.1) is 11.0 Å². The van der Waals surface area contributed by atoms with Crippen LogP contribution in [-0.4, -0.2) is 27.4 Å². The van der Waals surface area contributed by atoms with Crippen LogP contribution in [0, 0.1) is 0 Å². The topological polar surface area (TPSA) is 69.0 Å². The molecule has 5 nitrogen and oxygen atoms in total. The fraction of sp³-hybridized carbons (Fsp3) is 0.200. The third-order valence-electron chi connectivity index (χ3n) is 6.49. The van der Waals surface area contributed by atoms with E-state index < -0.39 is 0 Å². The molecule has 0 atom stereocenters. The molecule has 4 aromatic rings. The number of benzene rings is 3. The van der Waals surface area contributed by atoms with E-state index in [1.807, 2.05) is 18.2 Å². The van der Waals surface area contributed by atoms with Crippen molar-refractivity contribution in [1.82, 2.24) is 9.55 Å². The predicted octanol–water partition coefficient (Wildman–Crippen LogP) is 6.72. The van der Waals surface area contributed by atoms with Gasteiger partial charge in [-0.25, -0.2) is 4.98 Å². The molecule has 1 aliphatic rings. The summed E-state index contributed by atoms with van der Waals surface area (Å²) in [5.41, 5.74) is 4.00. The Bertz CT molecular complexity index is 1520. The van der Waals surface area contributed by atoms with Crippen molar-refractivity contribution in [1.29, 1.82) is 0 Å². The number of carbonyl (C=O) groups is 3. The molecule has 0 radical (unpaired) electrons. The Balaban J connectivity index is 1.58. The lowest BCUT2D eigenvalue weighted by Crippen LogP contribution is -2.22. The van der Waals surface area contributed by atoms with E-state index in [2.05, 4.69) is 17.6 Å². The molecule has 0 N–H and O–H groups in total. The number of rotatable bonds is 9. The minimum Gasteiger partial charge on any atom is -0.319 e. The van der Waals surface area contributed by atoms with Crippen LogP contribution in [0.2, 0.25) is 0 Å². The van der Waals surface area contributed by atoms with Crippen molar-refractivity contribution in [2.45, 2.75) is 44.3 Å². The van der Waals surface area contributed by atoms with Crippen molar-refractivity contribution in [3.05, 3.63) is 101 Å². The fourth-order valence-electron chi connectivity index (χ4n) is 4.73. The van der Waals surface area contributed by atoms with Gasteiger partial charge in [-0.15, -0.1) is 0 Å². The van der Waals surface area contributed by atoms with E-state index in [0.717, 1.165) is 48.3 Å². The number of fused-ring (bicyclic) bond motifs is 3. The molecule has 0 saturated heterocycles. The zero-order valence-corrected chi connectivity index (χ0v) is 20.9. The maximum atomic E-state index is 13.5. The number of hydrogen-bond acceptors (Lipinski definition) is 5. The lowest BCUT2D eigenvalue weighted by atomic mass is 9.82. The van der Waals surface area contributed by atoms with Gasteiger partial charge in [0.25, 0.3) is 0 Å². The first-order valence-corrected chi connectivity index (χ1v) is 13.1. The molecule has 5 rings (SSSR count). The summed E-state index contributed by atoms with van der Waals surface area (Å²) in [6.45, 7) is 3.00. The largest absolute Gasteiger partial charge is 0.319 e. The van der Waals surface area contributed by atoms with Gasteiger partial charge in [0.2, 0.25) is 0 Å². The number of allylic oxidation sites excluding steroid dienone is 1. The van der Waals surface area contributed by atoms with Crippen molar-refractivity contribution >= 4 is 45.6 Å². The van der Waals surface area contributed by atoms with E-state index in [9.17, 15) is 14.4 Å². The summed E-state index contributed by atoms with van der Waals surface area (Å²) in [6.07, 6.45) is 6.68. The minimum absolute atomic E-state index is 0.180. The van der Waals surface area contributed by atoms with Crippen LogP contribution in [0.15, 0.2) is 78.0 Å². The van der Waals surface area contributed by atoms with Crippen LogP contribution in [0.3, 0.4) is 0 Å². The molecule has 1 aliphatic carbocycles. The van der Waals surface area contributed by atoms with E-state index in [4.69, 9.17) is 4.98 Å². The molecule has 0 amide bonds. The van der Waals surface area contributed by atoms with Gasteiger partial charge in [0, 0.05) is 39.3 Å². The molecule has 0 spiro atoms. The average molecular weight is 495 g/mol. The van der Waals surface area contributed by atoms with Crippen LogP contribution < -0.4 is 0 Å². The van der Waals surface area contributed by atoms with Gasteiger partial charge in [-0.1, -0.05) is 92.5 Å². The van der Waals surface area contributed by atoms with Gasteiger partial charge in [-0.05, 0) is 24.6 Å². The number of hydrogen-bond donors (Lipinski definition) is 0. The second-order valence-corrected chi connectivity index (χ2v) is 9.81. The lowest BCUT2D eigenvalue weighted by Gasteiger charge is -2.21. The maximum Gasteiger partial charge on any atom is 0.195 e. The summed E-state index contributed by atoms with van der Waals surface area (Å²) >= 11 is 1.36. The Morgan fingerprint density at radius 3 is 2.36 bits per heavy atom. The van der Waals surface area contributed by atoms with Crippen molar-refractivity contribution in [2.75, 3.05) is 0 Å². The highest BCUT2D eigenvalue weighted by Gasteiger charge is 2.32. The van der Waals surface area contributed by atoms with Gasteiger partial charge < -0.3 is 4.57 Å². The molecule has 0 bridgehead atoms. The van der Waals surface area contributed by atoms with Gasteiger partial charge in [-0.2, -0.15) is 0 Å². The number of para-hydroxylation sites is 2. The summed E-state index contributed by atoms with van der Waals surface area (Å²) < 4.78 is 2.19. The quantitative estimate of drug-likeness (QED) is 0.0984. The first-order valence-electron chi connectivity index (χ1n) is 12.2. The van der Waals surface area contributed by atoms with Crippen LogP contribution in [0.1, 0.15) is 70.0 Å². The van der Waals surface area contributed by atoms with Crippen LogP contribution in [0.25, 0.3) is 15.9 Å². The van der Waals surface area contributed by atoms with E-state index in [1.54, 1.807) is 42.5 Å².